The molecule has 0 amide bonds. The van der Waals surface area contributed by atoms with Gasteiger partial charge in [0.1, 0.15) is 5.58 Å². The molecule has 0 atom stereocenters. The van der Waals surface area contributed by atoms with Crippen LogP contribution in [0.3, 0.4) is 0 Å². The first kappa shape index (κ1) is 37.0. The summed E-state index contributed by atoms with van der Waals surface area (Å²) in [6.45, 7) is 9.08. The molecule has 0 saturated heterocycles. The fraction of sp³-hybridized carbons (Fsp3) is 0.0800. The Bertz CT molecular complexity index is 2960. The molecule has 0 fully saturated rings. The first-order chi connectivity index (χ1) is 26.8. The van der Waals surface area contributed by atoms with E-state index in [2.05, 4.69) is 170 Å². The van der Waals surface area contributed by atoms with Crippen molar-refractivity contribution in [3.8, 4) is 39.5 Å². The normalized spacial score (nSPS) is 11.4. The number of rotatable bonds is 5. The molecule has 0 aliphatic carbocycles. The van der Waals surface area contributed by atoms with Crippen molar-refractivity contribution in [1.29, 1.82) is 0 Å². The van der Waals surface area contributed by atoms with Gasteiger partial charge in [-0.3, -0.25) is 4.98 Å². The number of furan rings is 1. The first-order valence-corrected chi connectivity index (χ1v) is 22.2. The summed E-state index contributed by atoms with van der Waals surface area (Å²) < 4.78 is 8.66. The van der Waals surface area contributed by atoms with Gasteiger partial charge in [-0.1, -0.05) is 135 Å². The number of pyridine rings is 1. The second-order valence-electron chi connectivity index (χ2n) is 15.0. The molecule has 0 bridgehead atoms. The summed E-state index contributed by atoms with van der Waals surface area (Å²) >= 11 is 0. The molecule has 4 nitrogen and oxygen atoms in total. The van der Waals surface area contributed by atoms with Gasteiger partial charge >= 0.3 is 0 Å². The summed E-state index contributed by atoms with van der Waals surface area (Å²) in [6, 6.07) is 61.4. The quantitative estimate of drug-likeness (QED) is 0.128. The molecule has 56 heavy (non-hydrogen) atoms. The fourth-order valence-electron chi connectivity index (χ4n) is 7.21. The predicted molar refractivity (Wildman–Crippen MR) is 232 cm³/mol. The molecule has 10 aromatic rings. The number of benzene rings is 7. The molecular formula is C50H39IrN3OSi-2. The van der Waals surface area contributed by atoms with Crippen molar-refractivity contribution in [2.45, 2.75) is 26.6 Å². The first-order valence-electron chi connectivity index (χ1n) is 18.7. The van der Waals surface area contributed by atoms with Gasteiger partial charge in [-0.15, -0.1) is 53.6 Å². The molecule has 0 unspecified atom stereocenters. The zero-order valence-corrected chi connectivity index (χ0v) is 35.1. The number of hydrogen-bond acceptors (Lipinski definition) is 3. The maximum Gasteiger partial charge on any atom is 0.120 e. The van der Waals surface area contributed by atoms with Gasteiger partial charge in [-0.05, 0) is 57.7 Å². The topological polar surface area (TPSA) is 43.9 Å². The standard InChI is InChI=1S/C35H21N2O.C15H18NSi.Ir/c1-2-10-23(11-3-1)25-21-20-24-12-8-18-31(29(24)22-25)37-32-17-6-5-16-30(32)36-35(37)28-15-9-14-27-26-13-4-7-19-33(26)38-34(27)28;1-12-5-7-13(8-6-12)15-10-9-14(11-16-15)17(2,3)4;/h1-14,16-22H;5-7,9-11H,1-4H3;/q2*-1;. The van der Waals surface area contributed by atoms with Crippen LogP contribution >= 0.6 is 0 Å². The molecule has 6 heteroatoms. The van der Waals surface area contributed by atoms with Gasteiger partial charge in [0.05, 0.1) is 30.5 Å². The molecular weight excluding hydrogens is 879 g/mol. The van der Waals surface area contributed by atoms with Crippen LogP contribution < -0.4 is 5.19 Å². The third kappa shape index (κ3) is 7.04. The van der Waals surface area contributed by atoms with E-state index in [4.69, 9.17) is 9.40 Å². The van der Waals surface area contributed by atoms with Gasteiger partial charge in [0.2, 0.25) is 0 Å². The number of hydrogen-bond donors (Lipinski definition) is 0. The summed E-state index contributed by atoms with van der Waals surface area (Å²) in [4.78, 5) is 9.69. The molecule has 3 aromatic heterocycles. The Balaban J connectivity index is 0.000000207. The van der Waals surface area contributed by atoms with E-state index >= 15 is 0 Å². The predicted octanol–water partition coefficient (Wildman–Crippen LogP) is 12.6. The number of fused-ring (bicyclic) bond motifs is 5. The average Bonchev–Trinajstić information content (AvgIpc) is 3.80. The molecule has 0 spiro atoms. The summed E-state index contributed by atoms with van der Waals surface area (Å²) in [5.74, 6) is 0.813. The molecule has 0 aliphatic heterocycles. The Kier molecular flexibility index (Phi) is 10.1. The van der Waals surface area contributed by atoms with Crippen molar-refractivity contribution in [3.63, 3.8) is 0 Å². The Morgan fingerprint density at radius 3 is 2.25 bits per heavy atom. The minimum absolute atomic E-state index is 0. The minimum Gasteiger partial charge on any atom is -0.501 e. The summed E-state index contributed by atoms with van der Waals surface area (Å²) in [5.41, 5.74) is 11.2. The van der Waals surface area contributed by atoms with Crippen molar-refractivity contribution in [2.75, 3.05) is 0 Å². The van der Waals surface area contributed by atoms with Crippen molar-refractivity contribution in [3.05, 3.63) is 182 Å². The Labute approximate surface area is 341 Å². The van der Waals surface area contributed by atoms with Gasteiger partial charge in [-0.25, -0.2) is 0 Å². The van der Waals surface area contributed by atoms with Crippen molar-refractivity contribution in [1.82, 2.24) is 14.5 Å². The van der Waals surface area contributed by atoms with Crippen LogP contribution in [0.5, 0.6) is 0 Å². The summed E-state index contributed by atoms with van der Waals surface area (Å²) in [7, 11) is -1.24. The molecule has 10 rings (SSSR count). The van der Waals surface area contributed by atoms with E-state index in [1.165, 1.54) is 27.3 Å². The van der Waals surface area contributed by atoms with Gasteiger partial charge in [0, 0.05) is 42.8 Å². The van der Waals surface area contributed by atoms with E-state index in [1.807, 2.05) is 42.6 Å². The largest absolute Gasteiger partial charge is 0.501 e. The van der Waals surface area contributed by atoms with Gasteiger partial charge in [0.15, 0.2) is 0 Å². The monoisotopic (exact) mass is 918 g/mol. The van der Waals surface area contributed by atoms with Crippen LogP contribution in [0, 0.1) is 19.1 Å². The van der Waals surface area contributed by atoms with Crippen LogP contribution in [-0.4, -0.2) is 22.6 Å². The van der Waals surface area contributed by atoms with Crippen LogP contribution in [0.25, 0.3) is 83.2 Å². The van der Waals surface area contributed by atoms with Crippen LogP contribution in [0.1, 0.15) is 5.56 Å². The summed E-state index contributed by atoms with van der Waals surface area (Å²) in [5, 5.41) is 5.90. The van der Waals surface area contributed by atoms with Crippen LogP contribution in [-0.2, 0) is 20.1 Å². The van der Waals surface area contributed by atoms with Gasteiger partial charge in [0.25, 0.3) is 0 Å². The maximum absolute atomic E-state index is 6.40. The van der Waals surface area contributed by atoms with E-state index in [0.29, 0.717) is 0 Å². The smallest absolute Gasteiger partial charge is 0.120 e. The third-order valence-electron chi connectivity index (χ3n) is 10.2. The fourth-order valence-corrected chi connectivity index (χ4v) is 8.25. The van der Waals surface area contributed by atoms with Crippen LogP contribution in [0.4, 0.5) is 0 Å². The molecule has 1 radical (unpaired) electrons. The van der Waals surface area contributed by atoms with Crippen LogP contribution in [0.2, 0.25) is 19.6 Å². The number of para-hydroxylation sites is 3. The molecule has 0 aliphatic rings. The SMILES string of the molecule is Cc1c[c-]c(-c2ccc([Si](C)(C)C)cn2)cc1.[Ir].[c-]1ccc2c(oc3ccccc32)c1-c1nc2ccccc2n1-c1cccc2ccc(-c3ccccc3)cc12. The van der Waals surface area contributed by atoms with E-state index in [9.17, 15) is 0 Å². The molecule has 7 aromatic carbocycles. The Morgan fingerprint density at radius 2 is 1.46 bits per heavy atom. The third-order valence-corrected chi connectivity index (χ3v) is 12.2. The second-order valence-corrected chi connectivity index (χ2v) is 20.1. The summed E-state index contributed by atoms with van der Waals surface area (Å²) in [6.07, 6.45) is 2.02. The molecule has 275 valence electrons. The van der Waals surface area contributed by atoms with Crippen molar-refractivity contribution < 1.29 is 24.5 Å². The van der Waals surface area contributed by atoms with Gasteiger partial charge in [-0.2, -0.15) is 0 Å². The van der Waals surface area contributed by atoms with Crippen molar-refractivity contribution >= 4 is 57.0 Å². The number of nitrogens with zero attached hydrogens (tertiary/aromatic N) is 3. The van der Waals surface area contributed by atoms with Gasteiger partial charge < -0.3 is 14.0 Å². The van der Waals surface area contributed by atoms with E-state index < -0.39 is 8.07 Å². The minimum atomic E-state index is -1.24. The average molecular weight is 918 g/mol. The molecule has 0 saturated carbocycles. The Morgan fingerprint density at radius 1 is 0.661 bits per heavy atom. The molecule has 0 N–H and O–H groups in total. The second kappa shape index (κ2) is 15.3. The molecule has 3 heterocycles. The zero-order valence-electron chi connectivity index (χ0n) is 31.7. The van der Waals surface area contributed by atoms with Crippen molar-refractivity contribution in [2.24, 2.45) is 0 Å². The van der Waals surface area contributed by atoms with E-state index in [0.717, 1.165) is 66.7 Å². The number of aromatic nitrogens is 3. The van der Waals surface area contributed by atoms with Crippen LogP contribution in [0.15, 0.2) is 168 Å². The number of imidazole rings is 1. The number of aryl methyl sites for hydroxylation is 1. The van der Waals surface area contributed by atoms with E-state index in [1.54, 1.807) is 0 Å². The maximum atomic E-state index is 6.40. The van der Waals surface area contributed by atoms with E-state index in [-0.39, 0.29) is 20.1 Å². The zero-order chi connectivity index (χ0) is 37.5. The Hall–Kier alpha value is -5.91.